The summed E-state index contributed by atoms with van der Waals surface area (Å²) in [4.78, 5) is 7.87. The molecule has 1 N–H and O–H groups in total. The first-order chi connectivity index (χ1) is 7.45. The number of pyridine rings is 1. The van der Waals surface area contributed by atoms with Gasteiger partial charge in [-0.3, -0.25) is 4.98 Å². The normalized spacial score (nSPS) is 10.4. The largest absolute Gasteiger partial charge is 0.343 e. The van der Waals surface area contributed by atoms with E-state index in [4.69, 9.17) is 0 Å². The minimum Gasteiger partial charge on any atom is -0.343 e. The molecule has 0 saturated heterocycles. The Balaban J connectivity index is 1.68. The topological polar surface area (TPSA) is 63.8 Å². The Kier molecular flexibility index (Phi) is 3.40. The lowest BCUT2D eigenvalue weighted by atomic mass is 10.2. The highest BCUT2D eigenvalue weighted by molar-refractivity contribution is 5.09. The average Bonchev–Trinajstić information content (AvgIpc) is 2.79. The van der Waals surface area contributed by atoms with E-state index < -0.39 is 0 Å². The molecule has 5 nitrogen and oxygen atoms in total. The van der Waals surface area contributed by atoms with Crippen molar-refractivity contribution in [3.63, 3.8) is 0 Å². The van der Waals surface area contributed by atoms with Gasteiger partial charge in [0.1, 0.15) is 0 Å². The Labute approximate surface area is 87.5 Å². The molecule has 15 heavy (non-hydrogen) atoms. The third-order valence-electron chi connectivity index (χ3n) is 2.03. The molecule has 0 aliphatic rings. The average molecular weight is 204 g/mol. The van der Waals surface area contributed by atoms with Gasteiger partial charge in [0, 0.05) is 12.4 Å². The summed E-state index contributed by atoms with van der Waals surface area (Å²) in [6.45, 7) is 1.53. The van der Waals surface area contributed by atoms with Gasteiger partial charge in [-0.25, -0.2) is 0 Å². The van der Waals surface area contributed by atoms with E-state index in [2.05, 4.69) is 25.0 Å². The van der Waals surface area contributed by atoms with E-state index in [0.717, 1.165) is 13.0 Å². The molecule has 0 aliphatic heterocycles. The molecule has 0 atom stereocenters. The van der Waals surface area contributed by atoms with Crippen LogP contribution in [0.4, 0.5) is 0 Å². The first-order valence-corrected chi connectivity index (χ1v) is 4.80. The molecule has 0 aliphatic carbocycles. The van der Waals surface area contributed by atoms with Crippen molar-refractivity contribution in [3.8, 4) is 0 Å². The lowest BCUT2D eigenvalue weighted by Gasteiger charge is -2.01. The van der Waals surface area contributed by atoms with Crippen molar-refractivity contribution in [3.05, 3.63) is 42.3 Å². The van der Waals surface area contributed by atoms with Crippen LogP contribution in [-0.4, -0.2) is 21.7 Å². The second-order valence-corrected chi connectivity index (χ2v) is 3.13. The summed E-state index contributed by atoms with van der Waals surface area (Å²) < 4.78 is 4.62. The lowest BCUT2D eigenvalue weighted by molar-refractivity contribution is 0.407. The molecular formula is C10H12N4O. The summed E-state index contributed by atoms with van der Waals surface area (Å²) in [7, 11) is 0. The molecule has 0 amide bonds. The van der Waals surface area contributed by atoms with E-state index in [0.29, 0.717) is 12.4 Å². The minimum atomic E-state index is 0.640. The van der Waals surface area contributed by atoms with Gasteiger partial charge < -0.3 is 9.84 Å². The van der Waals surface area contributed by atoms with Gasteiger partial charge in [-0.05, 0) is 30.7 Å². The van der Waals surface area contributed by atoms with E-state index in [1.54, 1.807) is 12.4 Å². The highest BCUT2D eigenvalue weighted by Crippen LogP contribution is 1.96. The summed E-state index contributed by atoms with van der Waals surface area (Å²) >= 11 is 0. The number of nitrogens with one attached hydrogen (secondary N) is 1. The lowest BCUT2D eigenvalue weighted by Crippen LogP contribution is -2.17. The summed E-state index contributed by atoms with van der Waals surface area (Å²) in [5.74, 6) is 0.685. The van der Waals surface area contributed by atoms with Crippen LogP contribution in [0.15, 0.2) is 35.4 Å². The summed E-state index contributed by atoms with van der Waals surface area (Å²) in [6.07, 6.45) is 5.91. The quantitative estimate of drug-likeness (QED) is 0.730. The minimum absolute atomic E-state index is 0.640. The maximum absolute atomic E-state index is 4.62. The van der Waals surface area contributed by atoms with Gasteiger partial charge >= 0.3 is 0 Å². The van der Waals surface area contributed by atoms with Crippen LogP contribution in [0.3, 0.4) is 0 Å². The Hall–Kier alpha value is -1.75. The number of hydrogen-bond donors (Lipinski definition) is 1. The molecule has 78 valence electrons. The fourth-order valence-corrected chi connectivity index (χ4v) is 1.25. The Morgan fingerprint density at radius 2 is 2.13 bits per heavy atom. The standard InChI is InChI=1S/C10H12N4O/c1-4-11-5-2-9(1)3-6-12-7-10-13-8-15-14-10/h1-2,4-5,8,12H,3,6-7H2. The Morgan fingerprint density at radius 3 is 2.87 bits per heavy atom. The molecule has 0 fully saturated rings. The van der Waals surface area contributed by atoms with Gasteiger partial charge in [0.15, 0.2) is 5.82 Å². The molecule has 0 radical (unpaired) electrons. The second kappa shape index (κ2) is 5.21. The zero-order chi connectivity index (χ0) is 10.3. The Bertz CT molecular complexity index is 374. The fraction of sp³-hybridized carbons (Fsp3) is 0.300. The zero-order valence-corrected chi connectivity index (χ0v) is 8.26. The summed E-state index contributed by atoms with van der Waals surface area (Å²) in [5, 5.41) is 6.93. The predicted octanol–water partition coefficient (Wildman–Crippen LogP) is 0.797. The van der Waals surface area contributed by atoms with Crippen LogP contribution in [0.2, 0.25) is 0 Å². The van der Waals surface area contributed by atoms with Gasteiger partial charge in [0.05, 0.1) is 6.54 Å². The van der Waals surface area contributed by atoms with Gasteiger partial charge in [-0.1, -0.05) is 5.16 Å². The Morgan fingerprint density at radius 1 is 1.27 bits per heavy atom. The van der Waals surface area contributed by atoms with Crippen molar-refractivity contribution in [1.82, 2.24) is 20.4 Å². The first-order valence-electron chi connectivity index (χ1n) is 4.80. The monoisotopic (exact) mass is 204 g/mol. The first kappa shape index (κ1) is 9.79. The van der Waals surface area contributed by atoms with Crippen molar-refractivity contribution in [2.75, 3.05) is 6.54 Å². The maximum atomic E-state index is 4.62. The molecule has 0 bridgehead atoms. The van der Waals surface area contributed by atoms with Crippen LogP contribution in [0.5, 0.6) is 0 Å². The highest BCUT2D eigenvalue weighted by atomic mass is 16.5. The molecule has 0 unspecified atom stereocenters. The van der Waals surface area contributed by atoms with E-state index >= 15 is 0 Å². The summed E-state index contributed by atoms with van der Waals surface area (Å²) in [5.41, 5.74) is 1.27. The number of rotatable bonds is 5. The van der Waals surface area contributed by atoms with Crippen LogP contribution in [0.25, 0.3) is 0 Å². The third-order valence-corrected chi connectivity index (χ3v) is 2.03. The van der Waals surface area contributed by atoms with Crippen molar-refractivity contribution < 1.29 is 4.52 Å². The fourth-order valence-electron chi connectivity index (χ4n) is 1.25. The molecule has 0 spiro atoms. The van der Waals surface area contributed by atoms with Crippen molar-refractivity contribution in [2.45, 2.75) is 13.0 Å². The van der Waals surface area contributed by atoms with E-state index in [-0.39, 0.29) is 0 Å². The van der Waals surface area contributed by atoms with Crippen LogP contribution < -0.4 is 5.32 Å². The van der Waals surface area contributed by atoms with Gasteiger partial charge in [0.2, 0.25) is 6.39 Å². The highest BCUT2D eigenvalue weighted by Gasteiger charge is 1.97. The molecule has 0 saturated carbocycles. The maximum Gasteiger partial charge on any atom is 0.213 e. The predicted molar refractivity (Wildman–Crippen MR) is 53.9 cm³/mol. The van der Waals surface area contributed by atoms with E-state index in [1.807, 2.05) is 12.1 Å². The molecule has 2 aromatic heterocycles. The SMILES string of the molecule is c1cc(CCNCc2ncon2)ccn1. The van der Waals surface area contributed by atoms with Crippen LogP contribution >= 0.6 is 0 Å². The second-order valence-electron chi connectivity index (χ2n) is 3.13. The van der Waals surface area contributed by atoms with E-state index in [9.17, 15) is 0 Å². The van der Waals surface area contributed by atoms with Crippen molar-refractivity contribution >= 4 is 0 Å². The van der Waals surface area contributed by atoms with Gasteiger partial charge in [-0.2, -0.15) is 4.98 Å². The summed E-state index contributed by atoms with van der Waals surface area (Å²) in [6, 6.07) is 4.02. The van der Waals surface area contributed by atoms with Crippen molar-refractivity contribution in [2.24, 2.45) is 0 Å². The zero-order valence-electron chi connectivity index (χ0n) is 8.26. The van der Waals surface area contributed by atoms with E-state index in [1.165, 1.54) is 12.0 Å². The molecule has 5 heteroatoms. The van der Waals surface area contributed by atoms with Crippen LogP contribution in [0, 0.1) is 0 Å². The molecule has 2 aromatic rings. The molecule has 2 rings (SSSR count). The van der Waals surface area contributed by atoms with Crippen molar-refractivity contribution in [1.29, 1.82) is 0 Å². The third kappa shape index (κ3) is 3.14. The molecular weight excluding hydrogens is 192 g/mol. The molecule has 2 heterocycles. The smallest absolute Gasteiger partial charge is 0.213 e. The van der Waals surface area contributed by atoms with Crippen LogP contribution in [0.1, 0.15) is 11.4 Å². The molecule has 0 aromatic carbocycles. The van der Waals surface area contributed by atoms with Gasteiger partial charge in [0.25, 0.3) is 0 Å². The number of hydrogen-bond acceptors (Lipinski definition) is 5. The van der Waals surface area contributed by atoms with Gasteiger partial charge in [-0.15, -0.1) is 0 Å². The number of aromatic nitrogens is 3. The number of nitrogens with zero attached hydrogens (tertiary/aromatic N) is 3. The van der Waals surface area contributed by atoms with Crippen LogP contribution in [-0.2, 0) is 13.0 Å².